The Kier molecular flexibility index (Phi) is 3.51. The molecule has 1 aliphatic rings. The van der Waals surface area contributed by atoms with E-state index in [0.717, 1.165) is 24.5 Å². The van der Waals surface area contributed by atoms with Crippen LogP contribution in [-0.2, 0) is 17.6 Å². The summed E-state index contributed by atoms with van der Waals surface area (Å²) in [4.78, 5) is 11.2. The third kappa shape index (κ3) is 2.68. The fourth-order valence-corrected chi connectivity index (χ4v) is 2.23. The summed E-state index contributed by atoms with van der Waals surface area (Å²) < 4.78 is 5.37. The van der Waals surface area contributed by atoms with Crippen molar-refractivity contribution in [1.82, 2.24) is 0 Å². The first-order valence-electron chi connectivity index (χ1n) is 6.49. The molecule has 17 heavy (non-hydrogen) atoms. The number of aryl methyl sites for hydroxylation is 2. The largest absolute Gasteiger partial charge is 0.426 e. The number of benzene rings is 1. The molecule has 0 atom stereocenters. The fraction of sp³-hybridized carbons (Fsp3) is 0.533. The Morgan fingerprint density at radius 2 is 1.76 bits per heavy atom. The highest BCUT2D eigenvalue weighted by atomic mass is 16.5. The van der Waals surface area contributed by atoms with E-state index in [0.29, 0.717) is 0 Å². The molecule has 1 fully saturated rings. The molecule has 92 valence electrons. The van der Waals surface area contributed by atoms with E-state index in [1.165, 1.54) is 36.5 Å². The van der Waals surface area contributed by atoms with Crippen molar-refractivity contribution in [2.45, 2.75) is 52.4 Å². The Labute approximate surface area is 103 Å². The van der Waals surface area contributed by atoms with Gasteiger partial charge in [-0.05, 0) is 48.3 Å². The zero-order valence-electron chi connectivity index (χ0n) is 10.9. The van der Waals surface area contributed by atoms with Crippen LogP contribution < -0.4 is 4.74 Å². The van der Waals surface area contributed by atoms with Gasteiger partial charge in [-0.2, -0.15) is 0 Å². The van der Waals surface area contributed by atoms with Gasteiger partial charge >= 0.3 is 5.97 Å². The smallest absolute Gasteiger partial charge is 0.308 e. The van der Waals surface area contributed by atoms with E-state index in [1.807, 2.05) is 0 Å². The molecular weight excluding hydrogens is 212 g/mol. The van der Waals surface area contributed by atoms with Gasteiger partial charge in [-0.3, -0.25) is 4.79 Å². The zero-order valence-corrected chi connectivity index (χ0v) is 10.9. The van der Waals surface area contributed by atoms with Gasteiger partial charge in [0.25, 0.3) is 0 Å². The summed E-state index contributed by atoms with van der Waals surface area (Å²) >= 11 is 0. The second kappa shape index (κ2) is 4.91. The molecule has 2 heteroatoms. The molecule has 1 saturated carbocycles. The van der Waals surface area contributed by atoms with Gasteiger partial charge in [-0.15, -0.1) is 0 Å². The average Bonchev–Trinajstić information content (AvgIpc) is 3.12. The number of ether oxygens (including phenoxy) is 1. The Balaban J connectivity index is 2.43. The summed E-state index contributed by atoms with van der Waals surface area (Å²) in [5.74, 6) is 1.32. The summed E-state index contributed by atoms with van der Waals surface area (Å²) in [6.07, 6.45) is 4.44. The minimum Gasteiger partial charge on any atom is -0.426 e. The van der Waals surface area contributed by atoms with Crippen LogP contribution in [0.4, 0.5) is 0 Å². The van der Waals surface area contributed by atoms with Gasteiger partial charge in [0.1, 0.15) is 5.75 Å². The van der Waals surface area contributed by atoms with E-state index in [9.17, 15) is 4.79 Å². The van der Waals surface area contributed by atoms with Crippen LogP contribution in [0.5, 0.6) is 5.75 Å². The van der Waals surface area contributed by atoms with Crippen LogP contribution in [0, 0.1) is 0 Å². The molecule has 1 aliphatic carbocycles. The third-order valence-corrected chi connectivity index (χ3v) is 3.32. The van der Waals surface area contributed by atoms with Crippen molar-refractivity contribution >= 4 is 5.97 Å². The van der Waals surface area contributed by atoms with Crippen LogP contribution in [0.2, 0.25) is 0 Å². The lowest BCUT2D eigenvalue weighted by Gasteiger charge is -2.14. The summed E-state index contributed by atoms with van der Waals surface area (Å²) in [5.41, 5.74) is 3.76. The molecule has 0 unspecified atom stereocenters. The van der Waals surface area contributed by atoms with E-state index >= 15 is 0 Å². The number of carbonyl (C=O) groups excluding carboxylic acids is 1. The summed E-state index contributed by atoms with van der Waals surface area (Å²) in [6.45, 7) is 5.69. The standard InChI is InChI=1S/C15H20O2/c1-4-11-8-14(13-6-7-13)9-12(5-2)15(11)17-10(3)16/h8-9,13H,4-7H2,1-3H3. The molecule has 1 aromatic carbocycles. The second-order valence-electron chi connectivity index (χ2n) is 4.74. The van der Waals surface area contributed by atoms with Gasteiger partial charge < -0.3 is 4.74 Å². The molecule has 2 rings (SSSR count). The molecule has 0 radical (unpaired) electrons. The first kappa shape index (κ1) is 12.2. The predicted octanol–water partition coefficient (Wildman–Crippen LogP) is 3.61. The van der Waals surface area contributed by atoms with Gasteiger partial charge in [0.15, 0.2) is 0 Å². The van der Waals surface area contributed by atoms with E-state index in [-0.39, 0.29) is 5.97 Å². The van der Waals surface area contributed by atoms with Crippen LogP contribution in [0.1, 0.15) is 56.2 Å². The van der Waals surface area contributed by atoms with Crippen molar-refractivity contribution in [1.29, 1.82) is 0 Å². The first-order chi connectivity index (χ1) is 8.15. The summed E-state index contributed by atoms with van der Waals surface area (Å²) in [5, 5.41) is 0. The molecule has 0 amide bonds. The maximum atomic E-state index is 11.2. The Bertz CT molecular complexity index is 406. The first-order valence-corrected chi connectivity index (χ1v) is 6.49. The van der Waals surface area contributed by atoms with Crippen molar-refractivity contribution in [2.24, 2.45) is 0 Å². The van der Waals surface area contributed by atoms with E-state index < -0.39 is 0 Å². The van der Waals surface area contributed by atoms with Gasteiger partial charge in [0, 0.05) is 6.92 Å². The maximum absolute atomic E-state index is 11.2. The highest BCUT2D eigenvalue weighted by Gasteiger charge is 2.25. The fourth-order valence-electron chi connectivity index (χ4n) is 2.23. The monoisotopic (exact) mass is 232 g/mol. The topological polar surface area (TPSA) is 26.3 Å². The highest BCUT2D eigenvalue weighted by Crippen LogP contribution is 2.42. The van der Waals surface area contributed by atoms with Gasteiger partial charge in [0.2, 0.25) is 0 Å². The van der Waals surface area contributed by atoms with Gasteiger partial charge in [0.05, 0.1) is 0 Å². The van der Waals surface area contributed by atoms with E-state index in [4.69, 9.17) is 4.74 Å². The van der Waals surface area contributed by atoms with Crippen molar-refractivity contribution < 1.29 is 9.53 Å². The predicted molar refractivity (Wildman–Crippen MR) is 68.5 cm³/mol. The van der Waals surface area contributed by atoms with Crippen molar-refractivity contribution in [3.63, 3.8) is 0 Å². The quantitative estimate of drug-likeness (QED) is 0.585. The zero-order chi connectivity index (χ0) is 12.4. The normalized spacial score (nSPS) is 14.8. The minimum atomic E-state index is -0.228. The molecule has 0 N–H and O–H groups in total. The lowest BCUT2D eigenvalue weighted by molar-refractivity contribution is -0.132. The lowest BCUT2D eigenvalue weighted by atomic mass is 9.98. The van der Waals surface area contributed by atoms with Gasteiger partial charge in [-0.25, -0.2) is 0 Å². The van der Waals surface area contributed by atoms with Gasteiger partial charge in [-0.1, -0.05) is 26.0 Å². The van der Waals surface area contributed by atoms with Crippen LogP contribution in [0.25, 0.3) is 0 Å². The summed E-state index contributed by atoms with van der Waals surface area (Å²) in [7, 11) is 0. The van der Waals surface area contributed by atoms with E-state index in [2.05, 4.69) is 26.0 Å². The lowest BCUT2D eigenvalue weighted by Crippen LogP contribution is -2.07. The number of esters is 1. The molecule has 1 aromatic rings. The molecule has 0 saturated heterocycles. The SMILES string of the molecule is CCc1cc(C2CC2)cc(CC)c1OC(C)=O. The molecule has 0 aromatic heterocycles. The highest BCUT2D eigenvalue weighted by molar-refractivity contribution is 5.70. The van der Waals surface area contributed by atoms with Crippen LogP contribution in [0.3, 0.4) is 0 Å². The molecule has 0 aliphatic heterocycles. The number of carbonyl (C=O) groups is 1. The van der Waals surface area contributed by atoms with Crippen LogP contribution in [0.15, 0.2) is 12.1 Å². The molecule has 0 bridgehead atoms. The van der Waals surface area contributed by atoms with Crippen LogP contribution in [-0.4, -0.2) is 5.97 Å². The minimum absolute atomic E-state index is 0.228. The van der Waals surface area contributed by atoms with E-state index in [1.54, 1.807) is 0 Å². The third-order valence-electron chi connectivity index (χ3n) is 3.32. The van der Waals surface area contributed by atoms with Crippen molar-refractivity contribution in [2.75, 3.05) is 0 Å². The number of rotatable bonds is 4. The Hall–Kier alpha value is -1.31. The van der Waals surface area contributed by atoms with Crippen LogP contribution >= 0.6 is 0 Å². The second-order valence-corrected chi connectivity index (χ2v) is 4.74. The Morgan fingerprint density at radius 3 is 2.12 bits per heavy atom. The number of hydrogen-bond donors (Lipinski definition) is 0. The molecule has 0 spiro atoms. The van der Waals surface area contributed by atoms with Crippen molar-refractivity contribution in [3.8, 4) is 5.75 Å². The molecule has 2 nitrogen and oxygen atoms in total. The number of hydrogen-bond acceptors (Lipinski definition) is 2. The summed E-state index contributed by atoms with van der Waals surface area (Å²) in [6, 6.07) is 4.43. The average molecular weight is 232 g/mol. The Morgan fingerprint density at radius 1 is 1.24 bits per heavy atom. The molecular formula is C15H20O2. The van der Waals surface area contributed by atoms with Crippen molar-refractivity contribution in [3.05, 3.63) is 28.8 Å². The molecule has 0 heterocycles. The maximum Gasteiger partial charge on any atom is 0.308 e.